The van der Waals surface area contributed by atoms with Crippen LogP contribution in [0.4, 0.5) is 0 Å². The van der Waals surface area contributed by atoms with E-state index in [9.17, 15) is 9.59 Å². The number of nitrogens with one attached hydrogen (secondary N) is 2. The molecule has 2 aromatic rings. The molecule has 0 radical (unpaired) electrons. The number of hydrogen-bond acceptors (Lipinski definition) is 3. The summed E-state index contributed by atoms with van der Waals surface area (Å²) in [5.74, 6) is -0.457. The molecule has 0 fully saturated rings. The van der Waals surface area contributed by atoms with E-state index in [1.54, 1.807) is 19.2 Å². The van der Waals surface area contributed by atoms with Crippen molar-refractivity contribution in [3.63, 3.8) is 0 Å². The topological polar surface area (TPSA) is 67.4 Å². The maximum Gasteiger partial charge on any atom is 0.309 e. The predicted molar refractivity (Wildman–Crippen MR) is 97.9 cm³/mol. The van der Waals surface area contributed by atoms with E-state index in [1.807, 2.05) is 36.4 Å². The van der Waals surface area contributed by atoms with Crippen LogP contribution in [0.25, 0.3) is 0 Å². The molecule has 0 atom stereocenters. The first-order valence-corrected chi connectivity index (χ1v) is 8.39. The molecule has 6 heteroatoms. The van der Waals surface area contributed by atoms with Crippen LogP contribution in [0, 0.1) is 0 Å². The van der Waals surface area contributed by atoms with Crippen LogP contribution in [0.1, 0.15) is 11.1 Å². The highest BCUT2D eigenvalue weighted by Crippen LogP contribution is 2.11. The van der Waals surface area contributed by atoms with Gasteiger partial charge in [-0.2, -0.15) is 0 Å². The third kappa shape index (κ3) is 6.47. The van der Waals surface area contributed by atoms with Gasteiger partial charge in [-0.25, -0.2) is 0 Å². The summed E-state index contributed by atoms with van der Waals surface area (Å²) in [6.45, 7) is 0.794. The van der Waals surface area contributed by atoms with Crippen molar-refractivity contribution in [1.29, 1.82) is 0 Å². The molecule has 0 heterocycles. The minimum atomic E-state index is -0.622. The van der Waals surface area contributed by atoms with Gasteiger partial charge in [0.2, 0.25) is 0 Å². The maximum atomic E-state index is 11.8. The highest BCUT2D eigenvalue weighted by molar-refractivity contribution is 6.35. The standard InChI is InChI=1S/C19H21ClN2O3/c1-25-17-8-4-15(5-9-17)11-13-22-19(24)18(23)21-12-10-14-2-6-16(20)7-3-14/h2-9H,10-13H2,1H3,(H,21,23)(H,22,24). The number of amides is 2. The molecule has 2 N–H and O–H groups in total. The molecule has 25 heavy (non-hydrogen) atoms. The van der Waals surface area contributed by atoms with Crippen molar-refractivity contribution in [2.24, 2.45) is 0 Å². The summed E-state index contributed by atoms with van der Waals surface area (Å²) < 4.78 is 5.09. The lowest BCUT2D eigenvalue weighted by atomic mass is 10.1. The zero-order chi connectivity index (χ0) is 18.1. The van der Waals surface area contributed by atoms with Crippen LogP contribution in [0.3, 0.4) is 0 Å². The summed E-state index contributed by atoms with van der Waals surface area (Å²) in [4.78, 5) is 23.5. The lowest BCUT2D eigenvalue weighted by molar-refractivity contribution is -0.139. The summed E-state index contributed by atoms with van der Waals surface area (Å²) in [6.07, 6.45) is 1.29. The summed E-state index contributed by atoms with van der Waals surface area (Å²) in [5, 5.41) is 5.90. The third-order valence-corrected chi connectivity index (χ3v) is 3.93. The van der Waals surface area contributed by atoms with Gasteiger partial charge in [0.15, 0.2) is 0 Å². The SMILES string of the molecule is COc1ccc(CCNC(=O)C(=O)NCCc2ccc(Cl)cc2)cc1. The van der Waals surface area contributed by atoms with Gasteiger partial charge in [-0.1, -0.05) is 35.9 Å². The van der Waals surface area contributed by atoms with Crippen molar-refractivity contribution in [2.75, 3.05) is 20.2 Å². The molecule has 0 spiro atoms. The largest absolute Gasteiger partial charge is 0.497 e. The van der Waals surface area contributed by atoms with E-state index in [2.05, 4.69) is 10.6 Å². The van der Waals surface area contributed by atoms with Crippen LogP contribution < -0.4 is 15.4 Å². The summed E-state index contributed by atoms with van der Waals surface area (Å²) in [7, 11) is 1.61. The van der Waals surface area contributed by atoms with Gasteiger partial charge in [0.05, 0.1) is 7.11 Å². The Morgan fingerprint density at radius 2 is 1.28 bits per heavy atom. The monoisotopic (exact) mass is 360 g/mol. The van der Waals surface area contributed by atoms with Crippen LogP contribution in [-0.4, -0.2) is 32.0 Å². The highest BCUT2D eigenvalue weighted by atomic mass is 35.5. The third-order valence-electron chi connectivity index (χ3n) is 3.68. The van der Waals surface area contributed by atoms with Gasteiger partial charge in [-0.3, -0.25) is 9.59 Å². The van der Waals surface area contributed by atoms with Gasteiger partial charge in [0, 0.05) is 18.1 Å². The van der Waals surface area contributed by atoms with Crippen molar-refractivity contribution in [1.82, 2.24) is 10.6 Å². The molecule has 0 aliphatic carbocycles. The minimum absolute atomic E-state index is 0.395. The molecule has 2 rings (SSSR count). The van der Waals surface area contributed by atoms with Crippen LogP contribution in [0.15, 0.2) is 48.5 Å². The van der Waals surface area contributed by atoms with Gasteiger partial charge in [-0.15, -0.1) is 0 Å². The first-order chi connectivity index (χ1) is 12.1. The number of carbonyl (C=O) groups excluding carboxylic acids is 2. The molecular formula is C19H21ClN2O3. The van der Waals surface area contributed by atoms with Crippen LogP contribution in [0.5, 0.6) is 5.75 Å². The first-order valence-electron chi connectivity index (χ1n) is 8.02. The van der Waals surface area contributed by atoms with Crippen molar-refractivity contribution in [3.05, 3.63) is 64.7 Å². The summed E-state index contributed by atoms with van der Waals surface area (Å²) in [5.41, 5.74) is 2.11. The van der Waals surface area contributed by atoms with Gasteiger partial charge in [-0.05, 0) is 48.2 Å². The van der Waals surface area contributed by atoms with Gasteiger partial charge in [0.1, 0.15) is 5.75 Å². The molecule has 0 aromatic heterocycles. The fraction of sp³-hybridized carbons (Fsp3) is 0.263. The van der Waals surface area contributed by atoms with E-state index < -0.39 is 11.8 Å². The zero-order valence-electron chi connectivity index (χ0n) is 14.0. The number of methoxy groups -OCH3 is 1. The lowest BCUT2D eigenvalue weighted by Crippen LogP contribution is -2.41. The molecule has 0 saturated carbocycles. The average Bonchev–Trinajstić information content (AvgIpc) is 2.63. The Morgan fingerprint density at radius 1 is 0.840 bits per heavy atom. The Balaban J connectivity index is 1.65. The van der Waals surface area contributed by atoms with E-state index in [0.717, 1.165) is 16.9 Å². The zero-order valence-corrected chi connectivity index (χ0v) is 14.8. The molecule has 0 bridgehead atoms. The second-order valence-corrected chi connectivity index (χ2v) is 5.92. The number of benzene rings is 2. The summed E-state index contributed by atoms with van der Waals surface area (Å²) in [6, 6.07) is 15.0. The quantitative estimate of drug-likeness (QED) is 0.745. The number of rotatable bonds is 7. The molecule has 0 aliphatic rings. The summed E-state index contributed by atoms with van der Waals surface area (Å²) >= 11 is 5.82. The van der Waals surface area contributed by atoms with Gasteiger partial charge >= 0.3 is 11.8 Å². The Bertz CT molecular complexity index is 700. The number of carbonyl (C=O) groups is 2. The molecule has 132 valence electrons. The predicted octanol–water partition coefficient (Wildman–Crippen LogP) is 2.37. The number of hydrogen-bond donors (Lipinski definition) is 2. The highest BCUT2D eigenvalue weighted by Gasteiger charge is 2.11. The van der Waals surface area contributed by atoms with Crippen LogP contribution >= 0.6 is 11.6 Å². The Kier molecular flexibility index (Phi) is 7.29. The maximum absolute atomic E-state index is 11.8. The second kappa shape index (κ2) is 9.69. The number of ether oxygens (including phenoxy) is 1. The Morgan fingerprint density at radius 3 is 1.72 bits per heavy atom. The second-order valence-electron chi connectivity index (χ2n) is 5.49. The van der Waals surface area contributed by atoms with Crippen LogP contribution in [-0.2, 0) is 22.4 Å². The molecule has 2 amide bonds. The molecule has 0 unspecified atom stereocenters. The molecule has 5 nitrogen and oxygen atoms in total. The fourth-order valence-corrected chi connectivity index (χ4v) is 2.37. The van der Waals surface area contributed by atoms with E-state index in [4.69, 9.17) is 16.3 Å². The smallest absolute Gasteiger partial charge is 0.309 e. The molecule has 0 saturated heterocycles. The van der Waals surface area contributed by atoms with Crippen molar-refractivity contribution < 1.29 is 14.3 Å². The van der Waals surface area contributed by atoms with Gasteiger partial charge in [0.25, 0.3) is 0 Å². The number of halogens is 1. The average molecular weight is 361 g/mol. The van der Waals surface area contributed by atoms with E-state index in [-0.39, 0.29) is 0 Å². The molecular weight excluding hydrogens is 340 g/mol. The van der Waals surface area contributed by atoms with Crippen LogP contribution in [0.2, 0.25) is 5.02 Å². The van der Waals surface area contributed by atoms with E-state index >= 15 is 0 Å². The van der Waals surface area contributed by atoms with Gasteiger partial charge < -0.3 is 15.4 Å². The Labute approximate surface area is 152 Å². The van der Waals surface area contributed by atoms with E-state index in [1.165, 1.54) is 0 Å². The first kappa shape index (κ1) is 18.8. The normalized spacial score (nSPS) is 10.2. The Hall–Kier alpha value is -2.53. The van der Waals surface area contributed by atoms with E-state index in [0.29, 0.717) is 31.0 Å². The lowest BCUT2D eigenvalue weighted by Gasteiger charge is -2.07. The molecule has 2 aromatic carbocycles. The molecule has 0 aliphatic heterocycles. The fourth-order valence-electron chi connectivity index (χ4n) is 2.24. The van der Waals surface area contributed by atoms with Crippen molar-refractivity contribution in [2.45, 2.75) is 12.8 Å². The minimum Gasteiger partial charge on any atom is -0.497 e. The van der Waals surface area contributed by atoms with Crippen molar-refractivity contribution >= 4 is 23.4 Å². The van der Waals surface area contributed by atoms with Crippen molar-refractivity contribution in [3.8, 4) is 5.75 Å².